The molecule has 2 aromatic rings. The number of carbonyl (C=O) groups is 1. The Morgan fingerprint density at radius 2 is 1.81 bits per heavy atom. The molecular weight excluding hydrogens is 356 g/mol. The van der Waals surface area contributed by atoms with Gasteiger partial charge < -0.3 is 0 Å². The SMILES string of the molecule is C[C@@H](C(=O)Nc1ncccn1)N1CCN(S(=O)(=O)c2cccnc2)CC1. The molecule has 26 heavy (non-hydrogen) atoms. The van der Waals surface area contributed by atoms with Crippen LogP contribution in [0.5, 0.6) is 0 Å². The van der Waals surface area contributed by atoms with Gasteiger partial charge in [-0.3, -0.25) is 20.0 Å². The fourth-order valence-corrected chi connectivity index (χ4v) is 4.11. The van der Waals surface area contributed by atoms with Gasteiger partial charge in [-0.25, -0.2) is 18.4 Å². The third-order valence-electron chi connectivity index (χ3n) is 4.27. The first kappa shape index (κ1) is 18.4. The number of rotatable bonds is 5. The average molecular weight is 376 g/mol. The van der Waals surface area contributed by atoms with E-state index in [2.05, 4.69) is 20.3 Å². The van der Waals surface area contributed by atoms with Crippen LogP contribution in [0, 0.1) is 0 Å². The summed E-state index contributed by atoms with van der Waals surface area (Å²) in [4.78, 5) is 26.3. The number of nitrogens with zero attached hydrogens (tertiary/aromatic N) is 5. The van der Waals surface area contributed by atoms with Crippen LogP contribution in [0.15, 0.2) is 47.9 Å². The van der Waals surface area contributed by atoms with Crippen molar-refractivity contribution in [2.24, 2.45) is 0 Å². The molecule has 0 unspecified atom stereocenters. The Balaban J connectivity index is 1.59. The number of piperazine rings is 1. The number of sulfonamides is 1. The number of anilines is 1. The highest BCUT2D eigenvalue weighted by Gasteiger charge is 2.32. The molecule has 1 atom stereocenters. The zero-order valence-electron chi connectivity index (χ0n) is 14.3. The molecule has 0 saturated carbocycles. The van der Waals surface area contributed by atoms with E-state index in [1.807, 2.05) is 4.90 Å². The normalized spacial score (nSPS) is 17.6. The standard InChI is InChI=1S/C16H20N6O3S/c1-13(15(23)20-16-18-6-3-7-19-16)21-8-10-22(11-9-21)26(24,25)14-4-2-5-17-12-14/h2-7,12-13H,8-11H2,1H3,(H,18,19,20,23)/t13-/m0/s1. The lowest BCUT2D eigenvalue weighted by atomic mass is 10.2. The quantitative estimate of drug-likeness (QED) is 0.794. The van der Waals surface area contributed by atoms with Crippen LogP contribution in [-0.4, -0.2) is 70.7 Å². The Morgan fingerprint density at radius 1 is 1.12 bits per heavy atom. The van der Waals surface area contributed by atoms with Crippen molar-refractivity contribution < 1.29 is 13.2 Å². The van der Waals surface area contributed by atoms with Gasteiger partial charge in [0.1, 0.15) is 4.90 Å². The Kier molecular flexibility index (Phi) is 5.55. The zero-order valence-corrected chi connectivity index (χ0v) is 15.1. The van der Waals surface area contributed by atoms with Gasteiger partial charge in [-0.05, 0) is 25.1 Å². The maximum absolute atomic E-state index is 12.6. The molecular formula is C16H20N6O3S. The number of carbonyl (C=O) groups excluding carboxylic acids is 1. The van der Waals surface area contributed by atoms with E-state index in [4.69, 9.17) is 0 Å². The van der Waals surface area contributed by atoms with E-state index in [1.54, 1.807) is 31.5 Å². The molecule has 2 aromatic heterocycles. The fourth-order valence-electron chi connectivity index (χ4n) is 2.72. The first-order valence-corrected chi connectivity index (χ1v) is 9.64. The van der Waals surface area contributed by atoms with Crippen LogP contribution in [0.2, 0.25) is 0 Å². The summed E-state index contributed by atoms with van der Waals surface area (Å²) >= 11 is 0. The summed E-state index contributed by atoms with van der Waals surface area (Å²) in [5.41, 5.74) is 0. The minimum Gasteiger partial charge on any atom is -0.293 e. The lowest BCUT2D eigenvalue weighted by molar-refractivity contribution is -0.121. The Hall–Kier alpha value is -2.43. The molecule has 1 N–H and O–H groups in total. The second kappa shape index (κ2) is 7.85. The third kappa shape index (κ3) is 4.03. The average Bonchev–Trinajstić information content (AvgIpc) is 2.69. The van der Waals surface area contributed by atoms with E-state index < -0.39 is 16.1 Å². The molecule has 0 radical (unpaired) electrons. The largest absolute Gasteiger partial charge is 0.293 e. The van der Waals surface area contributed by atoms with Crippen molar-refractivity contribution >= 4 is 21.9 Å². The first-order valence-electron chi connectivity index (χ1n) is 8.20. The molecule has 9 nitrogen and oxygen atoms in total. The zero-order chi connectivity index (χ0) is 18.6. The Bertz CT molecular complexity index is 839. The van der Waals surface area contributed by atoms with Crippen LogP contribution < -0.4 is 5.32 Å². The lowest BCUT2D eigenvalue weighted by Crippen LogP contribution is -2.54. The second-order valence-electron chi connectivity index (χ2n) is 5.87. The summed E-state index contributed by atoms with van der Waals surface area (Å²) in [6.45, 7) is 3.34. The molecule has 10 heteroatoms. The van der Waals surface area contributed by atoms with Crippen LogP contribution in [0.1, 0.15) is 6.92 Å². The van der Waals surface area contributed by atoms with E-state index in [0.717, 1.165) is 0 Å². The number of hydrogen-bond acceptors (Lipinski definition) is 7. The molecule has 3 heterocycles. The predicted octanol–water partition coefficient (Wildman–Crippen LogP) is 0.205. The molecule has 0 aliphatic carbocycles. The van der Waals surface area contributed by atoms with Crippen molar-refractivity contribution in [3.63, 3.8) is 0 Å². The summed E-state index contributed by atoms with van der Waals surface area (Å²) in [5, 5.41) is 2.66. The van der Waals surface area contributed by atoms with Crippen molar-refractivity contribution in [1.82, 2.24) is 24.2 Å². The van der Waals surface area contributed by atoms with Crippen LogP contribution in [0.3, 0.4) is 0 Å². The number of nitrogens with one attached hydrogen (secondary N) is 1. The number of pyridine rings is 1. The van der Waals surface area contributed by atoms with E-state index in [9.17, 15) is 13.2 Å². The summed E-state index contributed by atoms with van der Waals surface area (Å²) in [6, 6.07) is 4.38. The van der Waals surface area contributed by atoms with Crippen molar-refractivity contribution in [3.05, 3.63) is 43.0 Å². The maximum atomic E-state index is 12.6. The van der Waals surface area contributed by atoms with Crippen molar-refractivity contribution in [2.45, 2.75) is 17.9 Å². The highest BCUT2D eigenvalue weighted by Crippen LogP contribution is 2.17. The lowest BCUT2D eigenvalue weighted by Gasteiger charge is -2.36. The van der Waals surface area contributed by atoms with Crippen LogP contribution in [0.25, 0.3) is 0 Å². The van der Waals surface area contributed by atoms with Gasteiger partial charge in [-0.2, -0.15) is 4.31 Å². The Morgan fingerprint density at radius 3 is 2.42 bits per heavy atom. The third-order valence-corrected chi connectivity index (χ3v) is 6.16. The highest BCUT2D eigenvalue weighted by atomic mass is 32.2. The van der Waals surface area contributed by atoms with Gasteiger partial charge in [0.05, 0.1) is 6.04 Å². The molecule has 1 saturated heterocycles. The molecule has 0 aromatic carbocycles. The minimum atomic E-state index is -3.56. The minimum absolute atomic E-state index is 0.181. The topological polar surface area (TPSA) is 108 Å². The molecule has 1 aliphatic rings. The van der Waals surface area contributed by atoms with Gasteiger partial charge in [0.2, 0.25) is 21.9 Å². The summed E-state index contributed by atoms with van der Waals surface area (Å²) < 4.78 is 26.6. The second-order valence-corrected chi connectivity index (χ2v) is 7.80. The molecule has 0 spiro atoms. The summed E-state index contributed by atoms with van der Waals surface area (Å²) in [7, 11) is -3.56. The monoisotopic (exact) mass is 376 g/mol. The van der Waals surface area contributed by atoms with Gasteiger partial charge in [0.15, 0.2) is 0 Å². The van der Waals surface area contributed by atoms with E-state index >= 15 is 0 Å². The van der Waals surface area contributed by atoms with Gasteiger partial charge >= 0.3 is 0 Å². The van der Waals surface area contributed by atoms with E-state index in [-0.39, 0.29) is 16.8 Å². The highest BCUT2D eigenvalue weighted by molar-refractivity contribution is 7.89. The summed E-state index contributed by atoms with van der Waals surface area (Å²) in [6.07, 6.45) is 5.98. The van der Waals surface area contributed by atoms with E-state index in [0.29, 0.717) is 26.2 Å². The van der Waals surface area contributed by atoms with Gasteiger partial charge in [0.25, 0.3) is 0 Å². The molecule has 3 rings (SSSR count). The number of aromatic nitrogens is 3. The number of amides is 1. The number of hydrogen-bond donors (Lipinski definition) is 1. The van der Waals surface area contributed by atoms with Crippen LogP contribution in [0.4, 0.5) is 5.95 Å². The van der Waals surface area contributed by atoms with Crippen LogP contribution >= 0.6 is 0 Å². The molecule has 0 bridgehead atoms. The van der Waals surface area contributed by atoms with Crippen molar-refractivity contribution in [3.8, 4) is 0 Å². The van der Waals surface area contributed by atoms with E-state index in [1.165, 1.54) is 22.8 Å². The molecule has 1 fully saturated rings. The fraction of sp³-hybridized carbons (Fsp3) is 0.375. The Labute approximate surface area is 152 Å². The van der Waals surface area contributed by atoms with Gasteiger partial charge in [-0.15, -0.1) is 0 Å². The molecule has 138 valence electrons. The van der Waals surface area contributed by atoms with Gasteiger partial charge in [-0.1, -0.05) is 0 Å². The smallest absolute Gasteiger partial charge is 0.244 e. The van der Waals surface area contributed by atoms with Crippen LogP contribution in [-0.2, 0) is 14.8 Å². The first-order chi connectivity index (χ1) is 12.5. The maximum Gasteiger partial charge on any atom is 0.244 e. The predicted molar refractivity (Wildman–Crippen MR) is 94.7 cm³/mol. The molecule has 1 aliphatic heterocycles. The van der Waals surface area contributed by atoms with Crippen molar-refractivity contribution in [2.75, 3.05) is 31.5 Å². The summed E-state index contributed by atoms with van der Waals surface area (Å²) in [5.74, 6) is 0.0295. The molecule has 1 amide bonds. The van der Waals surface area contributed by atoms with Gasteiger partial charge in [0, 0.05) is 51.0 Å². The van der Waals surface area contributed by atoms with Crippen molar-refractivity contribution in [1.29, 1.82) is 0 Å².